The molecule has 23 heavy (non-hydrogen) atoms. The van der Waals surface area contributed by atoms with Gasteiger partial charge >= 0.3 is 0 Å². The zero-order chi connectivity index (χ0) is 16.5. The summed E-state index contributed by atoms with van der Waals surface area (Å²) in [5.41, 5.74) is 5.31. The summed E-state index contributed by atoms with van der Waals surface area (Å²) in [7, 11) is 0. The van der Waals surface area contributed by atoms with Gasteiger partial charge in [-0.3, -0.25) is 14.5 Å². The van der Waals surface area contributed by atoms with Gasteiger partial charge in [-0.05, 0) is 45.2 Å². The quantitative estimate of drug-likeness (QED) is 0.653. The number of likely N-dealkylation sites (tertiary alicyclic amines) is 1. The van der Waals surface area contributed by atoms with Gasteiger partial charge in [0, 0.05) is 19.1 Å². The Labute approximate surface area is 139 Å². The maximum absolute atomic E-state index is 11.9. The standard InChI is InChI=1S/C17H31N3O3/c18-17(22)14-7-10-20(11-8-14)13-16(21)19-9-4-12-23-15-5-2-1-3-6-15/h14-15H,1-13H2,(H2,18,22)(H,19,21). The summed E-state index contributed by atoms with van der Waals surface area (Å²) in [5, 5.41) is 2.95. The van der Waals surface area contributed by atoms with Crippen molar-refractivity contribution in [3.05, 3.63) is 0 Å². The number of nitrogens with two attached hydrogens (primary N) is 1. The van der Waals surface area contributed by atoms with Crippen LogP contribution in [0.5, 0.6) is 0 Å². The van der Waals surface area contributed by atoms with Crippen molar-refractivity contribution >= 4 is 11.8 Å². The summed E-state index contributed by atoms with van der Waals surface area (Å²) >= 11 is 0. The molecule has 1 aliphatic carbocycles. The molecule has 0 unspecified atom stereocenters. The predicted octanol–water partition coefficient (Wildman–Crippen LogP) is 1.04. The Morgan fingerprint density at radius 3 is 2.43 bits per heavy atom. The lowest BCUT2D eigenvalue weighted by atomic mass is 9.96. The molecular weight excluding hydrogens is 294 g/mol. The molecule has 1 heterocycles. The summed E-state index contributed by atoms with van der Waals surface area (Å²) in [6.45, 7) is 3.35. The van der Waals surface area contributed by atoms with Gasteiger partial charge in [0.25, 0.3) is 0 Å². The smallest absolute Gasteiger partial charge is 0.234 e. The van der Waals surface area contributed by atoms with Gasteiger partial charge in [-0.1, -0.05) is 19.3 Å². The zero-order valence-electron chi connectivity index (χ0n) is 14.1. The molecule has 6 heteroatoms. The van der Waals surface area contributed by atoms with E-state index < -0.39 is 0 Å². The summed E-state index contributed by atoms with van der Waals surface area (Å²) in [5.74, 6) is -0.182. The Kier molecular flexibility index (Phi) is 7.82. The van der Waals surface area contributed by atoms with Crippen molar-refractivity contribution in [2.24, 2.45) is 11.7 Å². The van der Waals surface area contributed by atoms with Crippen molar-refractivity contribution in [1.29, 1.82) is 0 Å². The zero-order valence-corrected chi connectivity index (χ0v) is 14.1. The van der Waals surface area contributed by atoms with Crippen molar-refractivity contribution in [3.8, 4) is 0 Å². The Balaban J connectivity index is 1.48. The second kappa shape index (κ2) is 9.88. The molecule has 1 aliphatic heterocycles. The van der Waals surface area contributed by atoms with Gasteiger partial charge in [-0.25, -0.2) is 0 Å². The Hall–Kier alpha value is -1.14. The lowest BCUT2D eigenvalue weighted by Gasteiger charge is -2.29. The lowest BCUT2D eigenvalue weighted by Crippen LogP contribution is -2.43. The number of amides is 2. The second-order valence-electron chi connectivity index (χ2n) is 6.79. The van der Waals surface area contributed by atoms with Crippen molar-refractivity contribution in [2.75, 3.05) is 32.8 Å². The van der Waals surface area contributed by atoms with Crippen LogP contribution in [0.2, 0.25) is 0 Å². The van der Waals surface area contributed by atoms with Gasteiger partial charge in [0.2, 0.25) is 11.8 Å². The number of primary amides is 1. The molecule has 0 radical (unpaired) electrons. The monoisotopic (exact) mass is 325 g/mol. The van der Waals surface area contributed by atoms with E-state index in [-0.39, 0.29) is 17.7 Å². The van der Waals surface area contributed by atoms with E-state index >= 15 is 0 Å². The molecule has 6 nitrogen and oxygen atoms in total. The first kappa shape index (κ1) is 18.2. The summed E-state index contributed by atoms with van der Waals surface area (Å²) in [6.07, 6.45) is 9.11. The van der Waals surface area contributed by atoms with Crippen molar-refractivity contribution in [3.63, 3.8) is 0 Å². The topological polar surface area (TPSA) is 84.7 Å². The summed E-state index contributed by atoms with van der Waals surface area (Å²) in [6, 6.07) is 0. The number of carbonyl (C=O) groups excluding carboxylic acids is 2. The molecule has 0 aromatic rings. The number of nitrogens with one attached hydrogen (secondary N) is 1. The molecule has 0 bridgehead atoms. The van der Waals surface area contributed by atoms with Crippen LogP contribution in [0.25, 0.3) is 0 Å². The minimum absolute atomic E-state index is 0.0220. The molecule has 0 aromatic carbocycles. The van der Waals surface area contributed by atoms with E-state index in [0.717, 1.165) is 39.0 Å². The number of carbonyl (C=O) groups is 2. The number of hydrogen-bond donors (Lipinski definition) is 2. The SMILES string of the molecule is NC(=O)C1CCN(CC(=O)NCCCOC2CCCCC2)CC1. The van der Waals surface area contributed by atoms with Gasteiger partial charge in [0.05, 0.1) is 12.6 Å². The third-order valence-electron chi connectivity index (χ3n) is 4.91. The number of nitrogens with zero attached hydrogens (tertiary/aromatic N) is 1. The Bertz CT molecular complexity index is 375. The normalized spacial score (nSPS) is 21.2. The maximum atomic E-state index is 11.9. The molecular formula is C17H31N3O3. The fourth-order valence-electron chi connectivity index (χ4n) is 3.42. The van der Waals surface area contributed by atoms with Crippen molar-refractivity contribution in [1.82, 2.24) is 10.2 Å². The van der Waals surface area contributed by atoms with Crippen molar-refractivity contribution < 1.29 is 14.3 Å². The first-order chi connectivity index (χ1) is 11.1. The van der Waals surface area contributed by atoms with E-state index in [2.05, 4.69) is 10.2 Å². The number of ether oxygens (including phenoxy) is 1. The second-order valence-corrected chi connectivity index (χ2v) is 6.79. The molecule has 0 atom stereocenters. The predicted molar refractivity (Wildman–Crippen MR) is 88.8 cm³/mol. The third-order valence-corrected chi connectivity index (χ3v) is 4.91. The molecule has 0 aromatic heterocycles. The lowest BCUT2D eigenvalue weighted by molar-refractivity contribution is -0.124. The largest absolute Gasteiger partial charge is 0.378 e. The average molecular weight is 325 g/mol. The van der Waals surface area contributed by atoms with E-state index in [4.69, 9.17) is 10.5 Å². The van der Waals surface area contributed by atoms with Gasteiger partial charge < -0.3 is 15.8 Å². The van der Waals surface area contributed by atoms with E-state index in [1.54, 1.807) is 0 Å². The molecule has 2 rings (SSSR count). The molecule has 2 fully saturated rings. The third kappa shape index (κ3) is 6.87. The molecule has 2 aliphatic rings. The van der Waals surface area contributed by atoms with Crippen LogP contribution in [0.4, 0.5) is 0 Å². The number of rotatable bonds is 8. The van der Waals surface area contributed by atoms with Crippen LogP contribution in [0, 0.1) is 5.92 Å². The van der Waals surface area contributed by atoms with E-state index in [0.29, 0.717) is 19.2 Å². The highest BCUT2D eigenvalue weighted by atomic mass is 16.5. The van der Waals surface area contributed by atoms with Gasteiger partial charge in [-0.2, -0.15) is 0 Å². The highest BCUT2D eigenvalue weighted by Crippen LogP contribution is 2.20. The van der Waals surface area contributed by atoms with E-state index in [1.807, 2.05) is 0 Å². The van der Waals surface area contributed by atoms with Gasteiger partial charge in [0.1, 0.15) is 0 Å². The fraction of sp³-hybridized carbons (Fsp3) is 0.882. The number of hydrogen-bond acceptors (Lipinski definition) is 4. The van der Waals surface area contributed by atoms with Crippen LogP contribution < -0.4 is 11.1 Å². The highest BCUT2D eigenvalue weighted by molar-refractivity contribution is 5.78. The minimum atomic E-state index is -0.216. The van der Waals surface area contributed by atoms with Crippen molar-refractivity contribution in [2.45, 2.75) is 57.5 Å². The summed E-state index contributed by atoms with van der Waals surface area (Å²) in [4.78, 5) is 25.1. The van der Waals surface area contributed by atoms with Crippen LogP contribution >= 0.6 is 0 Å². The van der Waals surface area contributed by atoms with Crippen LogP contribution in [0.3, 0.4) is 0 Å². The Morgan fingerprint density at radius 1 is 1.09 bits per heavy atom. The molecule has 0 spiro atoms. The molecule has 1 saturated carbocycles. The molecule has 3 N–H and O–H groups in total. The van der Waals surface area contributed by atoms with E-state index in [9.17, 15) is 9.59 Å². The van der Waals surface area contributed by atoms with Crippen LogP contribution in [-0.2, 0) is 14.3 Å². The van der Waals surface area contributed by atoms with E-state index in [1.165, 1.54) is 32.1 Å². The minimum Gasteiger partial charge on any atom is -0.378 e. The molecule has 1 saturated heterocycles. The van der Waals surface area contributed by atoms with Crippen LogP contribution in [0.1, 0.15) is 51.4 Å². The summed E-state index contributed by atoms with van der Waals surface area (Å²) < 4.78 is 5.84. The average Bonchev–Trinajstić information content (AvgIpc) is 2.56. The fourth-order valence-corrected chi connectivity index (χ4v) is 3.42. The molecule has 132 valence electrons. The van der Waals surface area contributed by atoms with Gasteiger partial charge in [0.15, 0.2) is 0 Å². The van der Waals surface area contributed by atoms with Gasteiger partial charge in [-0.15, -0.1) is 0 Å². The van der Waals surface area contributed by atoms with Crippen LogP contribution in [-0.4, -0.2) is 55.6 Å². The Morgan fingerprint density at radius 2 is 1.78 bits per heavy atom. The maximum Gasteiger partial charge on any atom is 0.234 e. The highest BCUT2D eigenvalue weighted by Gasteiger charge is 2.24. The molecule has 2 amide bonds. The van der Waals surface area contributed by atoms with Crippen LogP contribution in [0.15, 0.2) is 0 Å². The first-order valence-electron chi connectivity index (χ1n) is 9.05. The number of piperidine rings is 1. The first-order valence-corrected chi connectivity index (χ1v) is 9.05.